The molecule has 0 saturated carbocycles. The lowest BCUT2D eigenvalue weighted by Gasteiger charge is -2.32. The van der Waals surface area contributed by atoms with Crippen LogP contribution < -0.4 is 0 Å². The minimum Gasteiger partial charge on any atom is -0.332 e. The number of likely N-dealkylation sites (N-methyl/N-ethyl adjacent to an activating group) is 1. The van der Waals surface area contributed by atoms with Crippen LogP contribution >= 0.6 is 0 Å². The molecule has 1 aromatic rings. The Morgan fingerprint density at radius 3 is 2.79 bits per heavy atom. The number of imidazole rings is 1. The van der Waals surface area contributed by atoms with Crippen LogP contribution in [0.1, 0.15) is 37.2 Å². The Kier molecular flexibility index (Phi) is 3.89. The van der Waals surface area contributed by atoms with Gasteiger partial charge in [-0.05, 0) is 25.8 Å². The minimum absolute atomic E-state index is 0.693. The second-order valence-electron chi connectivity index (χ2n) is 6.19. The lowest BCUT2D eigenvalue weighted by atomic mass is 9.99. The summed E-state index contributed by atoms with van der Waals surface area (Å²) in [6, 6.07) is 0. The van der Waals surface area contributed by atoms with E-state index in [1.54, 1.807) is 0 Å². The molecule has 4 heteroatoms. The Hall–Kier alpha value is -0.870. The third-order valence-corrected chi connectivity index (χ3v) is 4.74. The van der Waals surface area contributed by atoms with Crippen LogP contribution in [0.3, 0.4) is 0 Å². The van der Waals surface area contributed by atoms with Gasteiger partial charge < -0.3 is 14.4 Å². The van der Waals surface area contributed by atoms with Crippen molar-refractivity contribution in [2.45, 2.75) is 38.6 Å². The average Bonchev–Trinajstić information content (AvgIpc) is 2.83. The predicted molar refractivity (Wildman–Crippen MR) is 77.5 cm³/mol. The second kappa shape index (κ2) is 5.63. The van der Waals surface area contributed by atoms with Crippen LogP contribution in [0.15, 0.2) is 6.20 Å². The van der Waals surface area contributed by atoms with E-state index in [-0.39, 0.29) is 0 Å². The highest BCUT2D eigenvalue weighted by molar-refractivity contribution is 5.12. The molecule has 1 atom stereocenters. The topological polar surface area (TPSA) is 24.3 Å². The van der Waals surface area contributed by atoms with Gasteiger partial charge in [-0.15, -0.1) is 0 Å². The Labute approximate surface area is 116 Å². The summed E-state index contributed by atoms with van der Waals surface area (Å²) in [5, 5.41) is 0. The summed E-state index contributed by atoms with van der Waals surface area (Å²) in [5.41, 5.74) is 1.46. The molecule has 3 heterocycles. The van der Waals surface area contributed by atoms with Crippen molar-refractivity contribution in [3.63, 3.8) is 0 Å². The molecule has 2 aliphatic rings. The molecule has 19 heavy (non-hydrogen) atoms. The molecule has 2 aliphatic heterocycles. The van der Waals surface area contributed by atoms with Crippen LogP contribution in [-0.2, 0) is 13.0 Å². The van der Waals surface area contributed by atoms with Gasteiger partial charge >= 0.3 is 0 Å². The summed E-state index contributed by atoms with van der Waals surface area (Å²) >= 11 is 0. The molecular weight excluding hydrogens is 236 g/mol. The van der Waals surface area contributed by atoms with Crippen LogP contribution in [0.2, 0.25) is 0 Å². The summed E-state index contributed by atoms with van der Waals surface area (Å²) in [5.74, 6) is 2.00. The van der Waals surface area contributed by atoms with Gasteiger partial charge in [-0.1, -0.05) is 6.92 Å². The SMILES string of the molecule is CC1CCCn2c1cnc2CCN1CCN(C)CC1. The molecule has 4 nitrogen and oxygen atoms in total. The number of hydrogen-bond donors (Lipinski definition) is 0. The number of piperazine rings is 1. The molecule has 0 aromatic carbocycles. The maximum absolute atomic E-state index is 4.67. The molecule has 0 amide bonds. The van der Waals surface area contributed by atoms with Crippen LogP contribution in [0.25, 0.3) is 0 Å². The van der Waals surface area contributed by atoms with E-state index < -0.39 is 0 Å². The zero-order valence-corrected chi connectivity index (χ0v) is 12.3. The third-order valence-electron chi connectivity index (χ3n) is 4.74. The van der Waals surface area contributed by atoms with E-state index in [9.17, 15) is 0 Å². The van der Waals surface area contributed by atoms with Crippen molar-refractivity contribution < 1.29 is 0 Å². The summed E-state index contributed by atoms with van der Waals surface area (Å²) in [7, 11) is 2.21. The molecule has 106 valence electrons. The fraction of sp³-hybridized carbons (Fsp3) is 0.800. The van der Waals surface area contributed by atoms with Gasteiger partial charge in [0.05, 0.1) is 0 Å². The molecule has 1 fully saturated rings. The van der Waals surface area contributed by atoms with Gasteiger partial charge in [0.15, 0.2) is 0 Å². The van der Waals surface area contributed by atoms with E-state index in [0.717, 1.165) is 6.42 Å². The number of fused-ring (bicyclic) bond motifs is 1. The molecule has 0 aliphatic carbocycles. The quantitative estimate of drug-likeness (QED) is 0.826. The lowest BCUT2D eigenvalue weighted by Crippen LogP contribution is -2.45. The average molecular weight is 262 g/mol. The summed E-state index contributed by atoms with van der Waals surface area (Å²) in [6.07, 6.45) is 5.86. The molecule has 0 bridgehead atoms. The lowest BCUT2D eigenvalue weighted by molar-refractivity contribution is 0.154. The first kappa shape index (κ1) is 13.1. The van der Waals surface area contributed by atoms with Crippen molar-refractivity contribution in [2.75, 3.05) is 39.8 Å². The van der Waals surface area contributed by atoms with E-state index in [1.807, 2.05) is 0 Å². The van der Waals surface area contributed by atoms with E-state index >= 15 is 0 Å². The standard InChI is InChI=1S/C15H26N4/c1-13-4-3-6-19-14(13)12-16-15(19)5-7-18-10-8-17(2)9-11-18/h12-13H,3-11H2,1-2H3. The fourth-order valence-electron chi connectivity index (χ4n) is 3.31. The van der Waals surface area contributed by atoms with Crippen LogP contribution in [0, 0.1) is 0 Å². The molecule has 1 unspecified atom stereocenters. The monoisotopic (exact) mass is 262 g/mol. The zero-order chi connectivity index (χ0) is 13.2. The van der Waals surface area contributed by atoms with Crippen LogP contribution in [0.5, 0.6) is 0 Å². The molecule has 1 aromatic heterocycles. The van der Waals surface area contributed by atoms with Gasteiger partial charge in [0.25, 0.3) is 0 Å². The first-order valence-electron chi connectivity index (χ1n) is 7.69. The van der Waals surface area contributed by atoms with Gasteiger partial charge in [0.1, 0.15) is 5.82 Å². The Bertz CT molecular complexity index is 418. The Morgan fingerprint density at radius 2 is 2.00 bits per heavy atom. The van der Waals surface area contributed by atoms with Crippen molar-refractivity contribution in [2.24, 2.45) is 0 Å². The first-order valence-corrected chi connectivity index (χ1v) is 7.69. The number of rotatable bonds is 3. The molecule has 1 saturated heterocycles. The zero-order valence-electron chi connectivity index (χ0n) is 12.3. The van der Waals surface area contributed by atoms with Crippen LogP contribution in [0.4, 0.5) is 0 Å². The van der Waals surface area contributed by atoms with Gasteiger partial charge in [0, 0.05) is 57.6 Å². The largest absolute Gasteiger partial charge is 0.332 e. The molecule has 0 spiro atoms. The van der Waals surface area contributed by atoms with Crippen molar-refractivity contribution in [3.8, 4) is 0 Å². The first-order chi connectivity index (χ1) is 9.24. The third kappa shape index (κ3) is 2.84. The molecule has 0 radical (unpaired) electrons. The maximum Gasteiger partial charge on any atom is 0.110 e. The van der Waals surface area contributed by atoms with Crippen molar-refractivity contribution >= 4 is 0 Å². The van der Waals surface area contributed by atoms with Gasteiger partial charge in [-0.2, -0.15) is 0 Å². The highest BCUT2D eigenvalue weighted by Gasteiger charge is 2.20. The van der Waals surface area contributed by atoms with Crippen molar-refractivity contribution in [1.29, 1.82) is 0 Å². The van der Waals surface area contributed by atoms with E-state index in [4.69, 9.17) is 0 Å². The highest BCUT2D eigenvalue weighted by Crippen LogP contribution is 2.27. The molecule has 0 N–H and O–H groups in total. The normalized spacial score (nSPS) is 25.5. The predicted octanol–water partition coefficient (Wildman–Crippen LogP) is 1.57. The van der Waals surface area contributed by atoms with Gasteiger partial charge in [-0.3, -0.25) is 0 Å². The number of aromatic nitrogens is 2. The van der Waals surface area contributed by atoms with Crippen molar-refractivity contribution in [3.05, 3.63) is 17.7 Å². The van der Waals surface area contributed by atoms with Crippen LogP contribution in [-0.4, -0.2) is 59.1 Å². The Morgan fingerprint density at radius 1 is 1.21 bits per heavy atom. The molecular formula is C15H26N4. The van der Waals surface area contributed by atoms with E-state index in [0.29, 0.717) is 5.92 Å². The highest BCUT2D eigenvalue weighted by atomic mass is 15.2. The summed E-state index contributed by atoms with van der Waals surface area (Å²) < 4.78 is 2.48. The van der Waals surface area contributed by atoms with E-state index in [1.165, 1.54) is 63.6 Å². The van der Waals surface area contributed by atoms with E-state index in [2.05, 4.69) is 39.5 Å². The Balaban J connectivity index is 1.58. The maximum atomic E-state index is 4.67. The fourth-order valence-corrected chi connectivity index (χ4v) is 3.31. The number of nitrogens with zero attached hydrogens (tertiary/aromatic N) is 4. The van der Waals surface area contributed by atoms with Gasteiger partial charge in [-0.25, -0.2) is 4.98 Å². The smallest absolute Gasteiger partial charge is 0.110 e. The molecule has 3 rings (SSSR count). The summed E-state index contributed by atoms with van der Waals surface area (Å²) in [6.45, 7) is 9.50. The number of hydrogen-bond acceptors (Lipinski definition) is 3. The summed E-state index contributed by atoms with van der Waals surface area (Å²) in [4.78, 5) is 9.66. The van der Waals surface area contributed by atoms with Crippen molar-refractivity contribution in [1.82, 2.24) is 19.4 Å². The second-order valence-corrected chi connectivity index (χ2v) is 6.19. The minimum atomic E-state index is 0.693. The van der Waals surface area contributed by atoms with Gasteiger partial charge in [0.2, 0.25) is 0 Å².